The van der Waals surface area contributed by atoms with Crippen LogP contribution in [-0.2, 0) is 0 Å². The van der Waals surface area contributed by atoms with Crippen molar-refractivity contribution in [1.29, 1.82) is 0 Å². The van der Waals surface area contributed by atoms with Crippen molar-refractivity contribution in [2.45, 2.75) is 0 Å². The fourth-order valence-corrected chi connectivity index (χ4v) is 9.85. The highest BCUT2D eigenvalue weighted by atomic mass is 15.2. The van der Waals surface area contributed by atoms with E-state index in [0.29, 0.717) is 17.5 Å². The molecule has 7 nitrogen and oxygen atoms in total. The summed E-state index contributed by atoms with van der Waals surface area (Å²) in [7, 11) is 0. The minimum Gasteiger partial charge on any atom is -0.309 e. The fraction of sp³-hybridized carbons (Fsp3) is 0. The SMILES string of the molecule is c1ccc(-c2cc(-c3cccc(N4c5ccccc5-c5c(n(-c6cccc(-c7ccccn7)n6)c6ccccc56)-c5ccccc54)c3)cc(-c3nc(-c4ccccc4)nc(-c4ccccc4)n3)c2)cc1. The molecule has 0 amide bonds. The van der Waals surface area contributed by atoms with Crippen LogP contribution in [0.15, 0.2) is 249 Å². The van der Waals surface area contributed by atoms with Gasteiger partial charge in [-0.1, -0.05) is 170 Å². The van der Waals surface area contributed by atoms with E-state index in [9.17, 15) is 0 Å². The molecule has 0 aliphatic carbocycles. The molecular weight excluding hydrogens is 855 g/mol. The lowest BCUT2D eigenvalue weighted by atomic mass is 9.95. The molecule has 0 N–H and O–H groups in total. The number of para-hydroxylation sites is 3. The molecule has 0 saturated heterocycles. The van der Waals surface area contributed by atoms with Gasteiger partial charge in [0.2, 0.25) is 0 Å². The third-order valence-electron chi connectivity index (χ3n) is 13.0. The minimum absolute atomic E-state index is 0.601. The van der Waals surface area contributed by atoms with E-state index in [1.54, 1.807) is 0 Å². The van der Waals surface area contributed by atoms with Gasteiger partial charge < -0.3 is 4.90 Å². The summed E-state index contributed by atoms with van der Waals surface area (Å²) < 4.78 is 2.33. The van der Waals surface area contributed by atoms with Crippen LogP contribution in [-0.4, -0.2) is 29.5 Å². The van der Waals surface area contributed by atoms with Crippen molar-refractivity contribution in [3.8, 4) is 96.0 Å². The van der Waals surface area contributed by atoms with Crippen LogP contribution in [0.25, 0.3) is 107 Å². The molecular formula is C63H41N7. The second-order valence-corrected chi connectivity index (χ2v) is 17.3. The van der Waals surface area contributed by atoms with E-state index in [0.717, 1.165) is 106 Å². The van der Waals surface area contributed by atoms with Gasteiger partial charge >= 0.3 is 0 Å². The zero-order valence-corrected chi connectivity index (χ0v) is 37.8. The Labute approximate surface area is 405 Å². The van der Waals surface area contributed by atoms with Crippen LogP contribution in [0.1, 0.15) is 0 Å². The van der Waals surface area contributed by atoms with E-state index < -0.39 is 0 Å². The summed E-state index contributed by atoms with van der Waals surface area (Å²) in [5.41, 5.74) is 17.3. The quantitative estimate of drug-likeness (QED) is 0.151. The highest BCUT2D eigenvalue weighted by Gasteiger charge is 2.32. The van der Waals surface area contributed by atoms with Crippen LogP contribution < -0.4 is 4.90 Å². The average molecular weight is 896 g/mol. The zero-order chi connectivity index (χ0) is 46.4. The van der Waals surface area contributed by atoms with Crippen molar-refractivity contribution < 1.29 is 0 Å². The lowest BCUT2D eigenvalue weighted by molar-refractivity contribution is 1.05. The van der Waals surface area contributed by atoms with Gasteiger partial charge in [-0.15, -0.1) is 0 Å². The molecule has 0 unspecified atom stereocenters. The number of anilines is 3. The Morgan fingerprint density at radius 3 is 1.56 bits per heavy atom. The van der Waals surface area contributed by atoms with Crippen LogP contribution in [0.2, 0.25) is 0 Å². The Morgan fingerprint density at radius 1 is 0.329 bits per heavy atom. The number of pyridine rings is 2. The molecule has 0 spiro atoms. The van der Waals surface area contributed by atoms with E-state index in [2.05, 4.69) is 172 Å². The van der Waals surface area contributed by atoms with Crippen LogP contribution in [0.4, 0.5) is 17.1 Å². The van der Waals surface area contributed by atoms with Crippen molar-refractivity contribution in [3.05, 3.63) is 249 Å². The van der Waals surface area contributed by atoms with Gasteiger partial charge in [0, 0.05) is 50.7 Å². The third-order valence-corrected chi connectivity index (χ3v) is 13.0. The number of benzene rings is 8. The van der Waals surface area contributed by atoms with E-state index in [1.807, 2.05) is 91.1 Å². The number of hydrogen-bond donors (Lipinski definition) is 0. The molecule has 13 rings (SSSR count). The van der Waals surface area contributed by atoms with Gasteiger partial charge in [-0.05, 0) is 95.1 Å². The van der Waals surface area contributed by atoms with Crippen molar-refractivity contribution in [2.24, 2.45) is 0 Å². The summed E-state index contributed by atoms with van der Waals surface area (Å²) in [6, 6.07) is 84.7. The Kier molecular flexibility index (Phi) is 10.0. The maximum atomic E-state index is 5.30. The molecule has 12 aromatic rings. The van der Waals surface area contributed by atoms with Crippen molar-refractivity contribution >= 4 is 28.0 Å². The van der Waals surface area contributed by atoms with E-state index in [-0.39, 0.29) is 0 Å². The Hall–Kier alpha value is -9.59. The predicted octanol–water partition coefficient (Wildman–Crippen LogP) is 15.7. The summed E-state index contributed by atoms with van der Waals surface area (Å²) in [4.78, 5) is 27.7. The first-order chi connectivity index (χ1) is 34.7. The molecule has 4 aromatic heterocycles. The van der Waals surface area contributed by atoms with Crippen molar-refractivity contribution in [3.63, 3.8) is 0 Å². The average Bonchev–Trinajstić information content (AvgIpc) is 3.73. The molecule has 8 aromatic carbocycles. The molecule has 1 aliphatic rings. The summed E-state index contributed by atoms with van der Waals surface area (Å²) >= 11 is 0. The lowest BCUT2D eigenvalue weighted by Gasteiger charge is -2.28. The maximum Gasteiger partial charge on any atom is 0.164 e. The summed E-state index contributed by atoms with van der Waals surface area (Å²) in [6.45, 7) is 0. The monoisotopic (exact) mass is 895 g/mol. The van der Waals surface area contributed by atoms with Gasteiger partial charge in [0.25, 0.3) is 0 Å². The van der Waals surface area contributed by atoms with Crippen LogP contribution in [0.3, 0.4) is 0 Å². The number of rotatable bonds is 8. The third kappa shape index (κ3) is 7.21. The van der Waals surface area contributed by atoms with Crippen LogP contribution >= 0.6 is 0 Å². The zero-order valence-electron chi connectivity index (χ0n) is 37.8. The Balaban J connectivity index is 0.999. The smallest absolute Gasteiger partial charge is 0.164 e. The maximum absolute atomic E-state index is 5.30. The predicted molar refractivity (Wildman–Crippen MR) is 284 cm³/mol. The topological polar surface area (TPSA) is 72.6 Å². The lowest BCUT2D eigenvalue weighted by Crippen LogP contribution is -2.11. The van der Waals surface area contributed by atoms with E-state index >= 15 is 0 Å². The molecule has 70 heavy (non-hydrogen) atoms. The van der Waals surface area contributed by atoms with Gasteiger partial charge in [0.05, 0.1) is 34.0 Å². The first-order valence-electron chi connectivity index (χ1n) is 23.4. The number of aromatic nitrogens is 6. The molecule has 0 atom stereocenters. The number of hydrogen-bond acceptors (Lipinski definition) is 6. The number of nitrogens with zero attached hydrogens (tertiary/aromatic N) is 7. The molecule has 5 heterocycles. The van der Waals surface area contributed by atoms with Gasteiger partial charge in [-0.3, -0.25) is 9.55 Å². The molecule has 0 radical (unpaired) electrons. The summed E-state index contributed by atoms with van der Waals surface area (Å²) in [5, 5.41) is 1.15. The second kappa shape index (κ2) is 17.2. The first-order valence-corrected chi connectivity index (χ1v) is 23.4. The Bertz CT molecular complexity index is 3830. The van der Waals surface area contributed by atoms with Gasteiger partial charge in [-0.25, -0.2) is 19.9 Å². The highest BCUT2D eigenvalue weighted by Crippen LogP contribution is 2.54. The minimum atomic E-state index is 0.601. The summed E-state index contributed by atoms with van der Waals surface area (Å²) in [6.07, 6.45) is 1.81. The molecule has 1 aliphatic heterocycles. The molecule has 0 saturated carbocycles. The highest BCUT2D eigenvalue weighted by molar-refractivity contribution is 6.13. The van der Waals surface area contributed by atoms with E-state index in [4.69, 9.17) is 19.9 Å². The number of fused-ring (bicyclic) bond motifs is 7. The first kappa shape index (κ1) is 40.7. The second-order valence-electron chi connectivity index (χ2n) is 17.3. The van der Waals surface area contributed by atoms with Crippen molar-refractivity contribution in [1.82, 2.24) is 29.5 Å². The largest absolute Gasteiger partial charge is 0.309 e. The fourth-order valence-electron chi connectivity index (χ4n) is 9.85. The molecule has 328 valence electrons. The molecule has 0 bridgehead atoms. The van der Waals surface area contributed by atoms with Gasteiger partial charge in [-0.2, -0.15) is 0 Å². The molecule has 7 heteroatoms. The normalized spacial score (nSPS) is 11.7. The molecule has 0 fully saturated rings. The van der Waals surface area contributed by atoms with Crippen LogP contribution in [0.5, 0.6) is 0 Å². The summed E-state index contributed by atoms with van der Waals surface area (Å²) in [5.74, 6) is 2.66. The van der Waals surface area contributed by atoms with Crippen LogP contribution in [0, 0.1) is 0 Å². The standard InChI is InChI=1S/C63H41N7/c1-4-20-42(21-5-1)46-38-47(40-48(39-46)63-67-61(43-22-6-2-7-23-43)66-62(68-63)44-24-8-3-9-25-44)45-26-18-27-49(41-45)69-55-33-13-10-28-50(55)59-51-29-11-14-34-56(51)70(60(59)52-30-12-15-35-57(52)69)58-36-19-32-54(65-58)53-31-16-17-37-64-53/h1-41H. The Morgan fingerprint density at radius 2 is 0.857 bits per heavy atom. The van der Waals surface area contributed by atoms with Gasteiger partial charge in [0.15, 0.2) is 17.5 Å². The van der Waals surface area contributed by atoms with E-state index in [1.165, 1.54) is 0 Å². The van der Waals surface area contributed by atoms with Crippen molar-refractivity contribution in [2.75, 3.05) is 4.90 Å². The van der Waals surface area contributed by atoms with Gasteiger partial charge in [0.1, 0.15) is 5.82 Å².